The molecule has 0 fully saturated rings. The summed E-state index contributed by atoms with van der Waals surface area (Å²) in [6, 6.07) is 42.1. The number of hydrogen-bond donors (Lipinski definition) is 0. The van der Waals surface area contributed by atoms with Crippen LogP contribution in [-0.2, 0) is 0 Å². The van der Waals surface area contributed by atoms with E-state index in [2.05, 4.69) is 18.2 Å². The zero-order chi connectivity index (χ0) is 21.0. The van der Waals surface area contributed by atoms with Crippen LogP contribution in [-0.4, -0.2) is 4.57 Å². The Kier molecular flexibility index (Phi) is 5.04. The molecule has 5 aromatic rings. The first-order valence-corrected chi connectivity index (χ1v) is 10.3. The van der Waals surface area contributed by atoms with Crippen LogP contribution in [0.5, 0.6) is 0 Å². The molecule has 1 aromatic heterocycles. The molecule has 0 aliphatic carbocycles. The van der Waals surface area contributed by atoms with Crippen LogP contribution in [0.15, 0.2) is 132 Å². The van der Waals surface area contributed by atoms with Gasteiger partial charge in [-0.1, -0.05) is 109 Å². The molecule has 1 heterocycles. The molecule has 2 heteroatoms. The van der Waals surface area contributed by atoms with Gasteiger partial charge in [0.1, 0.15) is 0 Å². The molecule has 0 saturated heterocycles. The van der Waals surface area contributed by atoms with Gasteiger partial charge >= 0.3 is 0 Å². The van der Waals surface area contributed by atoms with Crippen molar-refractivity contribution in [2.75, 3.05) is 0 Å². The van der Waals surface area contributed by atoms with Crippen LogP contribution in [0, 0.1) is 0 Å². The second-order valence-corrected chi connectivity index (χ2v) is 7.39. The molecule has 0 aliphatic heterocycles. The van der Waals surface area contributed by atoms with E-state index in [1.54, 1.807) is 0 Å². The summed E-state index contributed by atoms with van der Waals surface area (Å²) in [6.07, 6.45) is 0. The van der Waals surface area contributed by atoms with Crippen molar-refractivity contribution < 1.29 is 0 Å². The summed E-state index contributed by atoms with van der Waals surface area (Å²) in [4.78, 5) is 14.1. The summed E-state index contributed by atoms with van der Waals surface area (Å²) in [5.74, 6) is 0. The van der Waals surface area contributed by atoms with Crippen molar-refractivity contribution in [2.45, 2.75) is 0 Å². The summed E-state index contributed by atoms with van der Waals surface area (Å²) in [5.41, 5.74) is 6.26. The average molecular weight is 399 g/mol. The lowest BCUT2D eigenvalue weighted by molar-refractivity contribution is 1.00. The smallest absolute Gasteiger partial charge is 0.264 e. The largest absolute Gasteiger partial charge is 0.276 e. The molecule has 0 unspecified atom stereocenters. The normalized spacial score (nSPS) is 10.7. The molecular formula is C29H21NO. The molecule has 0 N–H and O–H groups in total. The van der Waals surface area contributed by atoms with Crippen molar-refractivity contribution >= 4 is 0 Å². The van der Waals surface area contributed by atoms with Gasteiger partial charge in [-0.2, -0.15) is 0 Å². The Morgan fingerprint density at radius 1 is 0.484 bits per heavy atom. The van der Waals surface area contributed by atoms with E-state index in [9.17, 15) is 4.79 Å². The molecule has 0 spiro atoms. The molecule has 31 heavy (non-hydrogen) atoms. The molecule has 4 aromatic carbocycles. The van der Waals surface area contributed by atoms with Crippen LogP contribution in [0.4, 0.5) is 0 Å². The Bertz CT molecular complexity index is 1250. The van der Waals surface area contributed by atoms with Crippen molar-refractivity contribution in [1.82, 2.24) is 4.57 Å². The van der Waals surface area contributed by atoms with Crippen molar-refractivity contribution in [2.24, 2.45) is 0 Å². The third-order valence-corrected chi connectivity index (χ3v) is 5.44. The highest BCUT2D eigenvalue weighted by Crippen LogP contribution is 2.34. The van der Waals surface area contributed by atoms with Gasteiger partial charge in [0, 0.05) is 5.69 Å². The Labute approximate surface area is 181 Å². The van der Waals surface area contributed by atoms with Gasteiger partial charge in [-0.05, 0) is 40.5 Å². The summed E-state index contributed by atoms with van der Waals surface area (Å²) in [7, 11) is 0. The predicted octanol–water partition coefficient (Wildman–Crippen LogP) is 6.84. The zero-order valence-corrected chi connectivity index (χ0v) is 17.0. The lowest BCUT2D eigenvalue weighted by atomic mass is 9.93. The fraction of sp³-hybridized carbons (Fsp3) is 0. The highest BCUT2D eigenvalue weighted by atomic mass is 16.1. The lowest BCUT2D eigenvalue weighted by Gasteiger charge is -2.19. The van der Waals surface area contributed by atoms with E-state index in [1.165, 1.54) is 0 Å². The molecule has 0 bridgehead atoms. The molecule has 0 atom stereocenters. The fourth-order valence-electron chi connectivity index (χ4n) is 3.99. The van der Waals surface area contributed by atoms with Gasteiger partial charge in [-0.3, -0.25) is 9.36 Å². The first kappa shape index (κ1) is 18.8. The van der Waals surface area contributed by atoms with Gasteiger partial charge in [-0.15, -0.1) is 0 Å². The summed E-state index contributed by atoms with van der Waals surface area (Å²) < 4.78 is 1.82. The first-order valence-electron chi connectivity index (χ1n) is 10.3. The highest BCUT2D eigenvalue weighted by molar-refractivity contribution is 5.86. The Hall–Kier alpha value is -4.17. The molecular weight excluding hydrogens is 378 g/mol. The minimum Gasteiger partial charge on any atom is -0.276 e. The van der Waals surface area contributed by atoms with Gasteiger partial charge in [0.25, 0.3) is 5.56 Å². The standard InChI is InChI=1S/C29H21NO/c31-29-28(24-17-9-3-10-18-24)26(22-13-5-1-6-14-22)21-27(23-15-7-2-8-16-23)30(29)25-19-11-4-12-20-25/h1-21H. The Morgan fingerprint density at radius 3 is 1.48 bits per heavy atom. The summed E-state index contributed by atoms with van der Waals surface area (Å²) >= 11 is 0. The maximum absolute atomic E-state index is 14.1. The minimum absolute atomic E-state index is 0.0300. The Morgan fingerprint density at radius 2 is 0.935 bits per heavy atom. The number of aromatic nitrogens is 1. The van der Waals surface area contributed by atoms with Gasteiger partial charge < -0.3 is 0 Å². The van der Waals surface area contributed by atoms with Crippen molar-refractivity contribution in [1.29, 1.82) is 0 Å². The maximum atomic E-state index is 14.1. The molecule has 0 saturated carbocycles. The maximum Gasteiger partial charge on any atom is 0.264 e. The summed E-state index contributed by atoms with van der Waals surface area (Å²) in [5, 5.41) is 0. The third kappa shape index (κ3) is 3.60. The van der Waals surface area contributed by atoms with Crippen LogP contribution in [0.2, 0.25) is 0 Å². The second kappa shape index (κ2) is 8.29. The van der Waals surface area contributed by atoms with Crippen molar-refractivity contribution in [3.05, 3.63) is 138 Å². The predicted molar refractivity (Wildman–Crippen MR) is 128 cm³/mol. The molecule has 148 valence electrons. The Balaban J connectivity index is 1.92. The molecule has 0 aliphatic rings. The number of benzene rings is 4. The lowest BCUT2D eigenvalue weighted by Crippen LogP contribution is -2.23. The molecule has 0 amide bonds. The monoisotopic (exact) mass is 399 g/mol. The van der Waals surface area contributed by atoms with Crippen LogP contribution in [0.25, 0.3) is 39.2 Å². The number of pyridine rings is 1. The van der Waals surface area contributed by atoms with Crippen LogP contribution in [0.3, 0.4) is 0 Å². The fourth-order valence-corrected chi connectivity index (χ4v) is 3.99. The van der Waals surface area contributed by atoms with E-state index in [-0.39, 0.29) is 5.56 Å². The molecule has 2 nitrogen and oxygen atoms in total. The second-order valence-electron chi connectivity index (χ2n) is 7.39. The number of hydrogen-bond acceptors (Lipinski definition) is 1. The zero-order valence-electron chi connectivity index (χ0n) is 17.0. The van der Waals surface area contributed by atoms with Gasteiger partial charge in [0.15, 0.2) is 0 Å². The van der Waals surface area contributed by atoms with Crippen LogP contribution >= 0.6 is 0 Å². The van der Waals surface area contributed by atoms with Crippen LogP contribution in [0.1, 0.15) is 0 Å². The summed E-state index contributed by atoms with van der Waals surface area (Å²) in [6.45, 7) is 0. The van der Waals surface area contributed by atoms with Gasteiger partial charge in [0.2, 0.25) is 0 Å². The van der Waals surface area contributed by atoms with E-state index in [1.807, 2.05) is 114 Å². The van der Waals surface area contributed by atoms with E-state index >= 15 is 0 Å². The number of nitrogens with zero attached hydrogens (tertiary/aromatic N) is 1. The third-order valence-electron chi connectivity index (χ3n) is 5.44. The first-order chi connectivity index (χ1) is 15.3. The van der Waals surface area contributed by atoms with E-state index in [4.69, 9.17) is 0 Å². The topological polar surface area (TPSA) is 22.0 Å². The van der Waals surface area contributed by atoms with Crippen LogP contribution < -0.4 is 5.56 Å². The van der Waals surface area contributed by atoms with Gasteiger partial charge in [0.05, 0.1) is 11.3 Å². The number of para-hydroxylation sites is 1. The van der Waals surface area contributed by atoms with Crippen molar-refractivity contribution in [3.63, 3.8) is 0 Å². The van der Waals surface area contributed by atoms with E-state index < -0.39 is 0 Å². The van der Waals surface area contributed by atoms with Crippen molar-refractivity contribution in [3.8, 4) is 39.2 Å². The SMILES string of the molecule is O=c1c(-c2ccccc2)c(-c2ccccc2)cc(-c2ccccc2)n1-c1ccccc1. The molecule has 5 rings (SSSR count). The minimum atomic E-state index is -0.0300. The number of rotatable bonds is 4. The van der Waals surface area contributed by atoms with E-state index in [0.29, 0.717) is 5.56 Å². The average Bonchev–Trinajstić information content (AvgIpc) is 2.85. The molecule has 0 radical (unpaired) electrons. The van der Waals surface area contributed by atoms with Gasteiger partial charge in [-0.25, -0.2) is 0 Å². The van der Waals surface area contributed by atoms with E-state index in [0.717, 1.165) is 33.6 Å². The quantitative estimate of drug-likeness (QED) is 0.324. The highest BCUT2D eigenvalue weighted by Gasteiger charge is 2.19.